The number of hydrogen-bond acceptors (Lipinski definition) is 2. The molecule has 2 aliphatic rings. The summed E-state index contributed by atoms with van der Waals surface area (Å²) in [5.41, 5.74) is 3.09. The first-order valence-electron chi connectivity index (χ1n) is 7.15. The molecule has 1 aliphatic carbocycles. The molecule has 0 unspecified atom stereocenters. The van der Waals surface area contributed by atoms with Crippen molar-refractivity contribution in [1.29, 1.82) is 0 Å². The van der Waals surface area contributed by atoms with Crippen molar-refractivity contribution >= 4 is 0 Å². The molecule has 1 aliphatic heterocycles. The Balaban J connectivity index is 1.76. The first-order chi connectivity index (χ1) is 8.78. The van der Waals surface area contributed by atoms with Gasteiger partial charge in [-0.05, 0) is 74.9 Å². The highest BCUT2D eigenvalue weighted by molar-refractivity contribution is 5.41. The molecule has 0 aromatic heterocycles. The van der Waals surface area contributed by atoms with Crippen LogP contribution < -0.4 is 4.74 Å². The fourth-order valence-electron chi connectivity index (χ4n) is 3.64. The highest BCUT2D eigenvalue weighted by Crippen LogP contribution is 2.40. The minimum Gasteiger partial charge on any atom is -0.497 e. The number of likely N-dealkylation sites (tertiary alicyclic amines) is 1. The van der Waals surface area contributed by atoms with Gasteiger partial charge in [0, 0.05) is 6.04 Å². The van der Waals surface area contributed by atoms with Gasteiger partial charge in [-0.25, -0.2) is 0 Å². The highest BCUT2D eigenvalue weighted by Gasteiger charge is 2.29. The van der Waals surface area contributed by atoms with E-state index in [0.717, 1.165) is 17.7 Å². The Morgan fingerprint density at radius 2 is 2.22 bits per heavy atom. The Bertz CT molecular complexity index is 429. The van der Waals surface area contributed by atoms with E-state index in [1.165, 1.54) is 38.6 Å². The lowest BCUT2D eigenvalue weighted by atomic mass is 9.92. The first kappa shape index (κ1) is 12.0. The Labute approximate surface area is 110 Å². The van der Waals surface area contributed by atoms with Gasteiger partial charge in [-0.1, -0.05) is 6.07 Å². The normalized spacial score (nSPS) is 27.4. The Morgan fingerprint density at radius 3 is 2.94 bits per heavy atom. The quantitative estimate of drug-likeness (QED) is 0.811. The van der Waals surface area contributed by atoms with E-state index in [4.69, 9.17) is 4.74 Å². The summed E-state index contributed by atoms with van der Waals surface area (Å²) in [6.07, 6.45) is 6.66. The van der Waals surface area contributed by atoms with E-state index in [1.54, 1.807) is 18.2 Å². The number of methoxy groups -OCH3 is 1. The summed E-state index contributed by atoms with van der Waals surface area (Å²) in [4.78, 5) is 2.54. The van der Waals surface area contributed by atoms with Crippen LogP contribution in [0.1, 0.15) is 42.7 Å². The van der Waals surface area contributed by atoms with Crippen LogP contribution in [0.3, 0.4) is 0 Å². The molecule has 18 heavy (non-hydrogen) atoms. The van der Waals surface area contributed by atoms with Crippen LogP contribution in [0.2, 0.25) is 0 Å². The highest BCUT2D eigenvalue weighted by atomic mass is 16.5. The number of ether oxygens (including phenoxy) is 1. The third-order valence-electron chi connectivity index (χ3n) is 4.78. The molecule has 2 heteroatoms. The molecule has 1 saturated heterocycles. The topological polar surface area (TPSA) is 12.5 Å². The predicted molar refractivity (Wildman–Crippen MR) is 74.3 cm³/mol. The maximum atomic E-state index is 5.37. The maximum absolute atomic E-state index is 5.37. The average Bonchev–Trinajstić information content (AvgIpc) is 2.97. The zero-order valence-electron chi connectivity index (χ0n) is 11.5. The molecule has 98 valence electrons. The van der Waals surface area contributed by atoms with E-state index in [9.17, 15) is 0 Å². The fourth-order valence-corrected chi connectivity index (χ4v) is 3.64. The van der Waals surface area contributed by atoms with Crippen LogP contribution in [-0.2, 0) is 6.42 Å². The van der Waals surface area contributed by atoms with Crippen molar-refractivity contribution in [2.24, 2.45) is 0 Å². The summed E-state index contributed by atoms with van der Waals surface area (Å²) in [7, 11) is 4.04. The summed E-state index contributed by atoms with van der Waals surface area (Å²) >= 11 is 0. The van der Waals surface area contributed by atoms with Crippen molar-refractivity contribution in [2.45, 2.75) is 44.1 Å². The van der Waals surface area contributed by atoms with Gasteiger partial charge < -0.3 is 9.64 Å². The van der Waals surface area contributed by atoms with Crippen molar-refractivity contribution in [3.8, 4) is 5.75 Å². The lowest BCUT2D eigenvalue weighted by Gasteiger charge is -2.23. The summed E-state index contributed by atoms with van der Waals surface area (Å²) in [6, 6.07) is 7.42. The van der Waals surface area contributed by atoms with Gasteiger partial charge >= 0.3 is 0 Å². The summed E-state index contributed by atoms with van der Waals surface area (Å²) in [5.74, 6) is 1.76. The molecule has 3 rings (SSSR count). The zero-order chi connectivity index (χ0) is 12.5. The van der Waals surface area contributed by atoms with Crippen LogP contribution in [0.15, 0.2) is 18.2 Å². The van der Waals surface area contributed by atoms with Crippen LogP contribution in [-0.4, -0.2) is 31.6 Å². The van der Waals surface area contributed by atoms with Gasteiger partial charge in [0.1, 0.15) is 5.75 Å². The van der Waals surface area contributed by atoms with Crippen LogP contribution >= 0.6 is 0 Å². The van der Waals surface area contributed by atoms with E-state index in [0.29, 0.717) is 0 Å². The van der Waals surface area contributed by atoms with Crippen LogP contribution in [0.5, 0.6) is 5.75 Å². The third-order valence-corrected chi connectivity index (χ3v) is 4.78. The van der Waals surface area contributed by atoms with E-state index >= 15 is 0 Å². The molecule has 2 nitrogen and oxygen atoms in total. The molecular formula is C16H23NO. The molecule has 0 N–H and O–H groups in total. The van der Waals surface area contributed by atoms with E-state index < -0.39 is 0 Å². The van der Waals surface area contributed by atoms with Crippen molar-refractivity contribution in [2.75, 3.05) is 20.7 Å². The van der Waals surface area contributed by atoms with Crippen molar-refractivity contribution < 1.29 is 4.74 Å². The Kier molecular flexibility index (Phi) is 3.29. The van der Waals surface area contributed by atoms with E-state index in [-0.39, 0.29) is 0 Å². The zero-order valence-corrected chi connectivity index (χ0v) is 11.5. The summed E-state index contributed by atoms with van der Waals surface area (Å²) < 4.78 is 5.37. The minimum absolute atomic E-state index is 0.751. The predicted octanol–water partition coefficient (Wildman–Crippen LogP) is 3.21. The number of hydrogen-bond donors (Lipinski definition) is 0. The molecule has 1 fully saturated rings. The molecule has 0 spiro atoms. The molecular weight excluding hydrogens is 222 g/mol. The number of aryl methyl sites for hydroxylation is 1. The van der Waals surface area contributed by atoms with Crippen LogP contribution in [0, 0.1) is 0 Å². The van der Waals surface area contributed by atoms with Gasteiger partial charge in [0.15, 0.2) is 0 Å². The van der Waals surface area contributed by atoms with Crippen molar-refractivity contribution in [1.82, 2.24) is 4.90 Å². The van der Waals surface area contributed by atoms with Gasteiger partial charge in [-0.15, -0.1) is 0 Å². The fraction of sp³-hybridized carbons (Fsp3) is 0.625. The number of benzene rings is 1. The SMILES string of the molecule is COc1ccc2c(c1)[C@H](C[C@H]1CCCN1C)CC2. The lowest BCUT2D eigenvalue weighted by molar-refractivity contribution is 0.281. The van der Waals surface area contributed by atoms with Crippen LogP contribution in [0.25, 0.3) is 0 Å². The average molecular weight is 245 g/mol. The van der Waals surface area contributed by atoms with Crippen molar-refractivity contribution in [3.05, 3.63) is 29.3 Å². The monoisotopic (exact) mass is 245 g/mol. The minimum atomic E-state index is 0.751. The second kappa shape index (κ2) is 4.93. The van der Waals surface area contributed by atoms with Gasteiger partial charge in [-0.2, -0.15) is 0 Å². The molecule has 0 radical (unpaired) electrons. The van der Waals surface area contributed by atoms with E-state index in [1.807, 2.05) is 0 Å². The summed E-state index contributed by atoms with van der Waals surface area (Å²) in [5, 5.41) is 0. The molecule has 1 aromatic carbocycles. The molecule has 2 atom stereocenters. The Hall–Kier alpha value is -1.02. The molecule has 0 amide bonds. The Morgan fingerprint density at radius 1 is 1.33 bits per heavy atom. The number of fused-ring (bicyclic) bond motifs is 1. The lowest BCUT2D eigenvalue weighted by Crippen LogP contribution is -2.26. The third kappa shape index (κ3) is 2.14. The molecule has 1 aromatic rings. The molecule has 1 heterocycles. The molecule has 0 saturated carbocycles. The van der Waals surface area contributed by atoms with Gasteiger partial charge in [0.25, 0.3) is 0 Å². The van der Waals surface area contributed by atoms with Gasteiger partial charge in [-0.3, -0.25) is 0 Å². The smallest absolute Gasteiger partial charge is 0.119 e. The number of nitrogens with zero attached hydrogens (tertiary/aromatic N) is 1. The maximum Gasteiger partial charge on any atom is 0.119 e. The van der Waals surface area contributed by atoms with Gasteiger partial charge in [0.2, 0.25) is 0 Å². The first-order valence-corrected chi connectivity index (χ1v) is 7.15. The largest absolute Gasteiger partial charge is 0.497 e. The summed E-state index contributed by atoms with van der Waals surface area (Å²) in [6.45, 7) is 1.28. The second-order valence-electron chi connectivity index (χ2n) is 5.81. The van der Waals surface area contributed by atoms with E-state index in [2.05, 4.69) is 30.1 Å². The molecule has 0 bridgehead atoms. The van der Waals surface area contributed by atoms with Gasteiger partial charge in [0.05, 0.1) is 7.11 Å². The second-order valence-corrected chi connectivity index (χ2v) is 5.81. The van der Waals surface area contributed by atoms with Crippen molar-refractivity contribution in [3.63, 3.8) is 0 Å². The standard InChI is InChI=1S/C16H23NO/c1-17-9-3-4-14(17)10-13-6-5-12-7-8-15(18-2)11-16(12)13/h7-8,11,13-14H,3-6,9-10H2,1-2H3/t13-,14+/m0/s1. The van der Waals surface area contributed by atoms with Crippen LogP contribution in [0.4, 0.5) is 0 Å². The number of rotatable bonds is 3.